The number of ether oxygens (including phenoxy) is 2. The number of anilines is 1. The van der Waals surface area contributed by atoms with Crippen molar-refractivity contribution < 1.29 is 14.3 Å². The fourth-order valence-electron chi connectivity index (χ4n) is 1.83. The van der Waals surface area contributed by atoms with Crippen LogP contribution in [0.2, 0.25) is 0 Å². The Balaban J connectivity index is 3.04. The number of benzene rings is 1. The van der Waals surface area contributed by atoms with Gasteiger partial charge in [-0.15, -0.1) is 0 Å². The number of esters is 1. The Hall–Kier alpha value is -1.81. The van der Waals surface area contributed by atoms with Gasteiger partial charge in [0, 0.05) is 25.4 Å². The van der Waals surface area contributed by atoms with E-state index in [2.05, 4.69) is 43.0 Å². The zero-order valence-corrected chi connectivity index (χ0v) is 13.5. The van der Waals surface area contributed by atoms with Gasteiger partial charge in [0.05, 0.1) is 13.7 Å². The summed E-state index contributed by atoms with van der Waals surface area (Å²) in [7, 11) is 3.04. The van der Waals surface area contributed by atoms with Crippen LogP contribution in [0.3, 0.4) is 0 Å². The first-order valence-corrected chi connectivity index (χ1v) is 7.02. The molecule has 116 valence electrons. The molecular formula is C17H25NO3. The van der Waals surface area contributed by atoms with Crippen molar-refractivity contribution in [1.29, 1.82) is 0 Å². The van der Waals surface area contributed by atoms with Gasteiger partial charge in [0.25, 0.3) is 0 Å². The van der Waals surface area contributed by atoms with Gasteiger partial charge in [-0.05, 0) is 28.7 Å². The van der Waals surface area contributed by atoms with Crippen molar-refractivity contribution in [2.45, 2.75) is 26.2 Å². The summed E-state index contributed by atoms with van der Waals surface area (Å²) >= 11 is 0. The van der Waals surface area contributed by atoms with E-state index < -0.39 is 0 Å². The SMILES string of the molecule is COCCNc1cc(C(C)(C)C)ccc1/C=C/C(=O)OC. The van der Waals surface area contributed by atoms with E-state index in [4.69, 9.17) is 4.74 Å². The van der Waals surface area contributed by atoms with Gasteiger partial charge in [-0.2, -0.15) is 0 Å². The van der Waals surface area contributed by atoms with Crippen LogP contribution in [0.5, 0.6) is 0 Å². The van der Waals surface area contributed by atoms with E-state index in [0.717, 1.165) is 11.3 Å². The molecule has 0 saturated carbocycles. The Morgan fingerprint density at radius 3 is 2.57 bits per heavy atom. The summed E-state index contributed by atoms with van der Waals surface area (Å²) in [6, 6.07) is 6.21. The lowest BCUT2D eigenvalue weighted by atomic mass is 9.86. The zero-order valence-electron chi connectivity index (χ0n) is 13.5. The molecular weight excluding hydrogens is 266 g/mol. The molecule has 0 fully saturated rings. The van der Waals surface area contributed by atoms with Crippen LogP contribution in [0.25, 0.3) is 6.08 Å². The molecule has 0 aliphatic carbocycles. The van der Waals surface area contributed by atoms with Gasteiger partial charge in [0.2, 0.25) is 0 Å². The summed E-state index contributed by atoms with van der Waals surface area (Å²) in [6.45, 7) is 7.85. The number of carbonyl (C=O) groups excluding carboxylic acids is 1. The molecule has 1 rings (SSSR count). The van der Waals surface area contributed by atoms with Crippen molar-refractivity contribution in [3.63, 3.8) is 0 Å². The maximum Gasteiger partial charge on any atom is 0.330 e. The van der Waals surface area contributed by atoms with Crippen LogP contribution in [0.1, 0.15) is 31.9 Å². The highest BCUT2D eigenvalue weighted by Crippen LogP contribution is 2.28. The van der Waals surface area contributed by atoms with Crippen LogP contribution in [0, 0.1) is 0 Å². The Morgan fingerprint density at radius 1 is 1.29 bits per heavy atom. The van der Waals surface area contributed by atoms with E-state index in [1.165, 1.54) is 18.7 Å². The molecule has 1 N–H and O–H groups in total. The van der Waals surface area contributed by atoms with Crippen LogP contribution in [0.15, 0.2) is 24.3 Å². The second-order valence-corrected chi connectivity index (χ2v) is 5.83. The van der Waals surface area contributed by atoms with Crippen molar-refractivity contribution in [3.8, 4) is 0 Å². The van der Waals surface area contributed by atoms with Gasteiger partial charge in [-0.1, -0.05) is 32.9 Å². The molecule has 4 heteroatoms. The topological polar surface area (TPSA) is 47.6 Å². The zero-order chi connectivity index (χ0) is 15.9. The Bertz CT molecular complexity index is 501. The van der Waals surface area contributed by atoms with Gasteiger partial charge >= 0.3 is 5.97 Å². The minimum Gasteiger partial charge on any atom is -0.466 e. The fraction of sp³-hybridized carbons (Fsp3) is 0.471. The average Bonchev–Trinajstić information content (AvgIpc) is 2.44. The van der Waals surface area contributed by atoms with E-state index in [0.29, 0.717) is 13.2 Å². The summed E-state index contributed by atoms with van der Waals surface area (Å²) in [5.74, 6) is -0.363. The summed E-state index contributed by atoms with van der Waals surface area (Å²) in [5, 5.41) is 3.34. The van der Waals surface area contributed by atoms with Gasteiger partial charge in [0.15, 0.2) is 0 Å². The molecule has 0 radical (unpaired) electrons. The van der Waals surface area contributed by atoms with Crippen molar-refractivity contribution in [2.24, 2.45) is 0 Å². The standard InChI is InChI=1S/C17H25NO3/c1-17(2,3)14-8-6-13(7-9-16(19)21-5)15(12-14)18-10-11-20-4/h6-9,12,18H,10-11H2,1-5H3/b9-7+. The van der Waals surface area contributed by atoms with Crippen LogP contribution in [-0.2, 0) is 19.7 Å². The number of hydrogen-bond donors (Lipinski definition) is 1. The van der Waals surface area contributed by atoms with Crippen LogP contribution in [0.4, 0.5) is 5.69 Å². The second-order valence-electron chi connectivity index (χ2n) is 5.83. The third kappa shape index (κ3) is 5.60. The Morgan fingerprint density at radius 2 is 2.00 bits per heavy atom. The maximum absolute atomic E-state index is 11.2. The van der Waals surface area contributed by atoms with E-state index >= 15 is 0 Å². The third-order valence-corrected chi connectivity index (χ3v) is 3.14. The highest BCUT2D eigenvalue weighted by molar-refractivity contribution is 5.88. The predicted octanol–water partition coefficient (Wildman–Crippen LogP) is 3.23. The lowest BCUT2D eigenvalue weighted by Gasteiger charge is -2.21. The van der Waals surface area contributed by atoms with Crippen molar-refractivity contribution >= 4 is 17.7 Å². The van der Waals surface area contributed by atoms with Crippen molar-refractivity contribution in [1.82, 2.24) is 0 Å². The first-order chi connectivity index (χ1) is 9.88. The maximum atomic E-state index is 11.2. The molecule has 0 spiro atoms. The number of methoxy groups -OCH3 is 2. The smallest absolute Gasteiger partial charge is 0.330 e. The quantitative estimate of drug-likeness (QED) is 0.496. The van der Waals surface area contributed by atoms with E-state index in [1.807, 2.05) is 6.07 Å². The number of carbonyl (C=O) groups is 1. The number of rotatable bonds is 6. The van der Waals surface area contributed by atoms with Gasteiger partial charge in [0.1, 0.15) is 0 Å². The van der Waals surface area contributed by atoms with Gasteiger partial charge in [-0.3, -0.25) is 0 Å². The first-order valence-electron chi connectivity index (χ1n) is 7.02. The second kappa shape index (κ2) is 7.84. The summed E-state index contributed by atoms with van der Waals surface area (Å²) in [5.41, 5.74) is 3.24. The van der Waals surface area contributed by atoms with Crippen LogP contribution in [-0.4, -0.2) is 33.3 Å². The molecule has 1 aromatic rings. The van der Waals surface area contributed by atoms with Gasteiger partial charge < -0.3 is 14.8 Å². The molecule has 0 atom stereocenters. The molecule has 1 aromatic carbocycles. The Labute approximate surface area is 127 Å². The van der Waals surface area contributed by atoms with Crippen LogP contribution >= 0.6 is 0 Å². The van der Waals surface area contributed by atoms with Crippen molar-refractivity contribution in [2.75, 3.05) is 32.7 Å². The molecule has 4 nitrogen and oxygen atoms in total. The lowest BCUT2D eigenvalue weighted by Crippen LogP contribution is -2.13. The fourth-order valence-corrected chi connectivity index (χ4v) is 1.83. The molecule has 0 heterocycles. The summed E-state index contributed by atoms with van der Waals surface area (Å²) in [4.78, 5) is 11.2. The predicted molar refractivity (Wildman–Crippen MR) is 86.6 cm³/mol. The van der Waals surface area contributed by atoms with Crippen molar-refractivity contribution in [3.05, 3.63) is 35.4 Å². The highest BCUT2D eigenvalue weighted by atomic mass is 16.5. The Kier molecular flexibility index (Phi) is 6.43. The lowest BCUT2D eigenvalue weighted by molar-refractivity contribution is -0.134. The monoisotopic (exact) mass is 291 g/mol. The third-order valence-electron chi connectivity index (χ3n) is 3.14. The molecule has 21 heavy (non-hydrogen) atoms. The first kappa shape index (κ1) is 17.2. The highest BCUT2D eigenvalue weighted by Gasteiger charge is 2.15. The van der Waals surface area contributed by atoms with Gasteiger partial charge in [-0.25, -0.2) is 4.79 Å². The van der Waals surface area contributed by atoms with E-state index in [9.17, 15) is 4.79 Å². The largest absolute Gasteiger partial charge is 0.466 e. The van der Waals surface area contributed by atoms with Crippen LogP contribution < -0.4 is 5.32 Å². The summed E-state index contributed by atoms with van der Waals surface area (Å²) < 4.78 is 9.68. The molecule has 0 unspecified atom stereocenters. The number of nitrogens with one attached hydrogen (secondary N) is 1. The molecule has 0 saturated heterocycles. The molecule has 0 amide bonds. The number of hydrogen-bond acceptors (Lipinski definition) is 4. The molecule has 0 bridgehead atoms. The minimum atomic E-state index is -0.363. The minimum absolute atomic E-state index is 0.0717. The molecule has 0 aliphatic heterocycles. The molecule has 0 aliphatic rings. The van der Waals surface area contributed by atoms with E-state index in [1.54, 1.807) is 13.2 Å². The van der Waals surface area contributed by atoms with E-state index in [-0.39, 0.29) is 11.4 Å². The normalized spacial score (nSPS) is 11.7. The summed E-state index contributed by atoms with van der Waals surface area (Å²) in [6.07, 6.45) is 3.18. The average molecular weight is 291 g/mol. The molecule has 0 aromatic heterocycles.